The maximum atomic E-state index is 11.8. The number of amides is 2. The van der Waals surface area contributed by atoms with E-state index in [1.54, 1.807) is 0 Å². The van der Waals surface area contributed by atoms with E-state index in [2.05, 4.69) is 10.6 Å². The molecule has 1 aliphatic rings. The van der Waals surface area contributed by atoms with Gasteiger partial charge in [-0.05, 0) is 31.2 Å². The molecule has 1 atom stereocenters. The van der Waals surface area contributed by atoms with Crippen molar-refractivity contribution in [1.29, 1.82) is 0 Å². The summed E-state index contributed by atoms with van der Waals surface area (Å²) in [6.07, 6.45) is 1.60. The highest BCUT2D eigenvalue weighted by Gasteiger charge is 2.34. The molecule has 2 amide bonds. The van der Waals surface area contributed by atoms with Crippen molar-refractivity contribution in [3.8, 4) is 0 Å². The SMILES string of the molecule is CCN(CC(=O)O)C1CC(NC(=O)NCC(O)CC(C)(C)C)C1. The summed E-state index contributed by atoms with van der Waals surface area (Å²) in [4.78, 5) is 24.5. The minimum Gasteiger partial charge on any atom is -0.480 e. The molecule has 23 heavy (non-hydrogen) atoms. The van der Waals surface area contributed by atoms with Gasteiger partial charge in [0.15, 0.2) is 0 Å². The first-order valence-corrected chi connectivity index (χ1v) is 8.29. The average molecular weight is 329 g/mol. The molecule has 1 saturated carbocycles. The standard InChI is InChI=1S/C16H31N3O4/c1-5-19(10-14(21)22)12-6-11(7-12)18-15(23)17-9-13(20)8-16(2,3)4/h11-13,20H,5-10H2,1-4H3,(H,21,22)(H2,17,18,23). The van der Waals surface area contributed by atoms with Gasteiger partial charge in [0.05, 0.1) is 12.6 Å². The Morgan fingerprint density at radius 1 is 1.30 bits per heavy atom. The highest BCUT2D eigenvalue weighted by molar-refractivity contribution is 5.74. The molecule has 134 valence electrons. The largest absolute Gasteiger partial charge is 0.480 e. The second-order valence-corrected chi connectivity index (χ2v) is 7.55. The van der Waals surface area contributed by atoms with Gasteiger partial charge < -0.3 is 20.8 Å². The van der Waals surface area contributed by atoms with E-state index in [-0.39, 0.29) is 36.6 Å². The fraction of sp³-hybridized carbons (Fsp3) is 0.875. The summed E-state index contributed by atoms with van der Waals surface area (Å²) in [6.45, 7) is 9.03. The van der Waals surface area contributed by atoms with Crippen molar-refractivity contribution in [2.45, 2.75) is 65.1 Å². The van der Waals surface area contributed by atoms with Crippen LogP contribution in [-0.4, -0.2) is 64.9 Å². The van der Waals surface area contributed by atoms with Gasteiger partial charge in [-0.3, -0.25) is 9.69 Å². The van der Waals surface area contributed by atoms with Crippen molar-refractivity contribution in [3.63, 3.8) is 0 Å². The molecule has 0 heterocycles. The Labute approximate surface area is 138 Å². The number of urea groups is 1. The summed E-state index contributed by atoms with van der Waals surface area (Å²) in [5.41, 5.74) is 0.0204. The van der Waals surface area contributed by atoms with Crippen LogP contribution in [0.5, 0.6) is 0 Å². The molecule has 0 aromatic carbocycles. The van der Waals surface area contributed by atoms with Crippen molar-refractivity contribution in [1.82, 2.24) is 15.5 Å². The Kier molecular flexibility index (Phi) is 7.28. The first-order chi connectivity index (χ1) is 10.6. The number of aliphatic carboxylic acids is 1. The Bertz CT molecular complexity index is 403. The number of hydrogen-bond donors (Lipinski definition) is 4. The maximum absolute atomic E-state index is 11.8. The third-order valence-electron chi connectivity index (χ3n) is 4.06. The van der Waals surface area contributed by atoms with Gasteiger partial charge in [-0.1, -0.05) is 27.7 Å². The molecule has 7 heteroatoms. The number of carbonyl (C=O) groups is 2. The van der Waals surface area contributed by atoms with Gasteiger partial charge in [0.2, 0.25) is 0 Å². The summed E-state index contributed by atoms with van der Waals surface area (Å²) in [7, 11) is 0. The Morgan fingerprint density at radius 3 is 2.39 bits per heavy atom. The number of rotatable bonds is 8. The van der Waals surface area contributed by atoms with Crippen LogP contribution in [0, 0.1) is 5.41 Å². The van der Waals surface area contributed by atoms with Crippen molar-refractivity contribution in [3.05, 3.63) is 0 Å². The van der Waals surface area contributed by atoms with E-state index in [1.165, 1.54) is 0 Å². The van der Waals surface area contributed by atoms with Crippen molar-refractivity contribution >= 4 is 12.0 Å². The molecule has 1 aliphatic carbocycles. The lowest BCUT2D eigenvalue weighted by molar-refractivity contribution is -0.139. The van der Waals surface area contributed by atoms with E-state index in [9.17, 15) is 14.7 Å². The molecule has 0 radical (unpaired) electrons. The smallest absolute Gasteiger partial charge is 0.317 e. The van der Waals surface area contributed by atoms with E-state index < -0.39 is 12.1 Å². The number of nitrogens with one attached hydrogen (secondary N) is 2. The van der Waals surface area contributed by atoms with E-state index >= 15 is 0 Å². The maximum Gasteiger partial charge on any atom is 0.317 e. The molecule has 1 fully saturated rings. The van der Waals surface area contributed by atoms with Crippen LogP contribution in [0.25, 0.3) is 0 Å². The lowest BCUT2D eigenvalue weighted by Crippen LogP contribution is -2.56. The van der Waals surface area contributed by atoms with Gasteiger partial charge in [-0.15, -0.1) is 0 Å². The lowest BCUT2D eigenvalue weighted by Gasteiger charge is -2.42. The zero-order chi connectivity index (χ0) is 17.6. The summed E-state index contributed by atoms with van der Waals surface area (Å²) in [5.74, 6) is -0.825. The van der Waals surface area contributed by atoms with Crippen LogP contribution in [0.2, 0.25) is 0 Å². The fourth-order valence-electron chi connectivity index (χ4n) is 2.90. The molecule has 0 spiro atoms. The molecule has 4 N–H and O–H groups in total. The Hall–Kier alpha value is -1.34. The van der Waals surface area contributed by atoms with Crippen LogP contribution >= 0.6 is 0 Å². The first kappa shape index (κ1) is 19.7. The van der Waals surface area contributed by atoms with E-state index in [4.69, 9.17) is 5.11 Å². The second-order valence-electron chi connectivity index (χ2n) is 7.55. The van der Waals surface area contributed by atoms with Crippen LogP contribution < -0.4 is 10.6 Å². The normalized spacial score (nSPS) is 22.3. The van der Waals surface area contributed by atoms with Crippen LogP contribution in [0.4, 0.5) is 4.79 Å². The second kappa shape index (κ2) is 8.49. The van der Waals surface area contributed by atoms with Crippen LogP contribution in [0.3, 0.4) is 0 Å². The number of hydrogen-bond acceptors (Lipinski definition) is 4. The van der Waals surface area contributed by atoms with Crippen LogP contribution in [-0.2, 0) is 4.79 Å². The number of nitrogens with zero attached hydrogens (tertiary/aromatic N) is 1. The van der Waals surface area contributed by atoms with Gasteiger partial charge in [-0.2, -0.15) is 0 Å². The number of likely N-dealkylation sites (N-methyl/N-ethyl adjacent to an activating group) is 1. The number of aliphatic hydroxyl groups is 1. The summed E-state index contributed by atoms with van der Waals surface area (Å²) in [6, 6.07) is 0.0122. The van der Waals surface area contributed by atoms with Gasteiger partial charge in [-0.25, -0.2) is 4.79 Å². The number of carbonyl (C=O) groups excluding carboxylic acids is 1. The minimum absolute atomic E-state index is 0.0204. The van der Waals surface area contributed by atoms with Gasteiger partial charge >= 0.3 is 12.0 Å². The summed E-state index contributed by atoms with van der Waals surface area (Å²) >= 11 is 0. The first-order valence-electron chi connectivity index (χ1n) is 8.29. The molecule has 0 saturated heterocycles. The lowest BCUT2D eigenvalue weighted by atomic mass is 9.85. The van der Waals surface area contributed by atoms with Crippen LogP contribution in [0.1, 0.15) is 47.0 Å². The van der Waals surface area contributed by atoms with Crippen LogP contribution in [0.15, 0.2) is 0 Å². The zero-order valence-electron chi connectivity index (χ0n) is 14.6. The monoisotopic (exact) mass is 329 g/mol. The van der Waals surface area contributed by atoms with Crippen molar-refractivity contribution in [2.24, 2.45) is 5.41 Å². The molecular formula is C16H31N3O4. The molecule has 0 aromatic heterocycles. The molecular weight excluding hydrogens is 298 g/mol. The van der Waals surface area contributed by atoms with Gasteiger partial charge in [0.25, 0.3) is 0 Å². The zero-order valence-corrected chi connectivity index (χ0v) is 14.6. The fourth-order valence-corrected chi connectivity index (χ4v) is 2.90. The Morgan fingerprint density at radius 2 is 1.91 bits per heavy atom. The molecule has 7 nitrogen and oxygen atoms in total. The number of aliphatic hydroxyl groups excluding tert-OH is 1. The highest BCUT2D eigenvalue weighted by atomic mass is 16.4. The molecule has 0 aromatic rings. The highest BCUT2D eigenvalue weighted by Crippen LogP contribution is 2.25. The van der Waals surface area contributed by atoms with Crippen molar-refractivity contribution < 1.29 is 19.8 Å². The van der Waals surface area contributed by atoms with E-state index in [0.717, 1.165) is 12.8 Å². The average Bonchev–Trinajstić information content (AvgIpc) is 2.35. The number of carboxylic acids is 1. The topological polar surface area (TPSA) is 102 Å². The number of carboxylic acid groups (broad SMARTS) is 1. The van der Waals surface area contributed by atoms with Gasteiger partial charge in [0.1, 0.15) is 0 Å². The summed E-state index contributed by atoms with van der Waals surface area (Å²) < 4.78 is 0. The molecule has 1 rings (SSSR count). The molecule has 1 unspecified atom stereocenters. The minimum atomic E-state index is -0.825. The summed E-state index contributed by atoms with van der Waals surface area (Å²) in [5, 5.41) is 24.3. The molecule has 0 bridgehead atoms. The van der Waals surface area contributed by atoms with E-state index in [1.807, 2.05) is 32.6 Å². The van der Waals surface area contributed by atoms with Gasteiger partial charge in [0, 0.05) is 18.6 Å². The predicted octanol–water partition coefficient (Wildman–Crippen LogP) is 1.02. The third-order valence-corrected chi connectivity index (χ3v) is 4.06. The van der Waals surface area contributed by atoms with Crippen molar-refractivity contribution in [2.75, 3.05) is 19.6 Å². The van der Waals surface area contributed by atoms with E-state index in [0.29, 0.717) is 13.0 Å². The quantitative estimate of drug-likeness (QED) is 0.532. The predicted molar refractivity (Wildman–Crippen MR) is 88.3 cm³/mol. The third kappa shape index (κ3) is 7.65. The molecule has 0 aliphatic heterocycles. The Balaban J connectivity index is 2.21.